The molecule has 1 unspecified atom stereocenters. The Labute approximate surface area is 142 Å². The van der Waals surface area contributed by atoms with E-state index in [1.807, 2.05) is 6.92 Å². The van der Waals surface area contributed by atoms with Gasteiger partial charge in [0.25, 0.3) is 0 Å². The number of benzene rings is 1. The van der Waals surface area contributed by atoms with Gasteiger partial charge in [0, 0.05) is 25.4 Å². The number of sulfone groups is 1. The minimum absolute atomic E-state index is 0.151. The summed E-state index contributed by atoms with van der Waals surface area (Å²) in [5, 5.41) is 6.66. The molecular formula is C17H21N3O3S. The SMILES string of the molecule is Cc1ccc(S(=O)(=O)CC(C)NC(=O)C=Cc2ccnn2C)cc1. The van der Waals surface area contributed by atoms with Crippen molar-refractivity contribution in [1.29, 1.82) is 0 Å². The van der Waals surface area contributed by atoms with Crippen molar-refractivity contribution >= 4 is 21.8 Å². The fourth-order valence-electron chi connectivity index (χ4n) is 2.21. The van der Waals surface area contributed by atoms with Gasteiger partial charge in [0.2, 0.25) is 5.91 Å². The molecule has 0 aliphatic carbocycles. The van der Waals surface area contributed by atoms with Crippen LogP contribution in [0.2, 0.25) is 0 Å². The number of aromatic nitrogens is 2. The molecule has 0 aliphatic rings. The fourth-order valence-corrected chi connectivity index (χ4v) is 3.70. The van der Waals surface area contributed by atoms with Crippen LogP contribution in [0.15, 0.2) is 47.5 Å². The molecule has 0 radical (unpaired) electrons. The zero-order valence-electron chi connectivity index (χ0n) is 13.9. The van der Waals surface area contributed by atoms with E-state index in [0.29, 0.717) is 0 Å². The number of rotatable bonds is 6. The Balaban J connectivity index is 1.95. The minimum Gasteiger partial charge on any atom is -0.349 e. The number of carbonyl (C=O) groups excluding carboxylic acids is 1. The smallest absolute Gasteiger partial charge is 0.244 e. The fraction of sp³-hybridized carbons (Fsp3) is 0.294. The summed E-state index contributed by atoms with van der Waals surface area (Å²) in [6, 6.07) is 7.96. The van der Waals surface area contributed by atoms with Crippen molar-refractivity contribution in [3.05, 3.63) is 53.9 Å². The van der Waals surface area contributed by atoms with Crippen LogP contribution in [-0.4, -0.2) is 35.9 Å². The molecular weight excluding hydrogens is 326 g/mol. The van der Waals surface area contributed by atoms with Crippen molar-refractivity contribution in [3.8, 4) is 0 Å². The third-order valence-corrected chi connectivity index (χ3v) is 5.43. The van der Waals surface area contributed by atoms with E-state index in [9.17, 15) is 13.2 Å². The molecule has 1 amide bonds. The first kappa shape index (κ1) is 17.9. The summed E-state index contributed by atoms with van der Waals surface area (Å²) in [7, 11) is -1.67. The lowest BCUT2D eigenvalue weighted by Gasteiger charge is -2.13. The summed E-state index contributed by atoms with van der Waals surface area (Å²) < 4.78 is 26.3. The molecule has 6 nitrogen and oxygen atoms in total. The molecule has 1 heterocycles. The molecule has 0 fully saturated rings. The normalized spacial score (nSPS) is 13.1. The monoisotopic (exact) mass is 347 g/mol. The van der Waals surface area contributed by atoms with Crippen LogP contribution in [0.5, 0.6) is 0 Å². The first-order valence-corrected chi connectivity index (χ1v) is 9.19. The van der Waals surface area contributed by atoms with E-state index in [0.717, 1.165) is 11.3 Å². The van der Waals surface area contributed by atoms with Crippen molar-refractivity contribution in [2.45, 2.75) is 24.8 Å². The summed E-state index contributed by atoms with van der Waals surface area (Å²) in [6.07, 6.45) is 4.63. The summed E-state index contributed by atoms with van der Waals surface area (Å²) >= 11 is 0. The maximum Gasteiger partial charge on any atom is 0.244 e. The Kier molecular flexibility index (Phi) is 5.56. The highest BCUT2D eigenvalue weighted by molar-refractivity contribution is 7.91. The number of nitrogens with one attached hydrogen (secondary N) is 1. The first-order chi connectivity index (χ1) is 11.3. The van der Waals surface area contributed by atoms with Crippen molar-refractivity contribution in [3.63, 3.8) is 0 Å². The zero-order chi connectivity index (χ0) is 17.7. The van der Waals surface area contributed by atoms with Gasteiger partial charge >= 0.3 is 0 Å². The van der Waals surface area contributed by atoms with Gasteiger partial charge in [-0.3, -0.25) is 9.48 Å². The Hall–Kier alpha value is -2.41. The third kappa shape index (κ3) is 4.79. The summed E-state index contributed by atoms with van der Waals surface area (Å²) in [4.78, 5) is 12.2. The van der Waals surface area contributed by atoms with E-state index >= 15 is 0 Å². The lowest BCUT2D eigenvalue weighted by molar-refractivity contribution is -0.116. The second kappa shape index (κ2) is 7.44. The van der Waals surface area contributed by atoms with E-state index in [-0.39, 0.29) is 16.6 Å². The van der Waals surface area contributed by atoms with Crippen LogP contribution in [0.4, 0.5) is 0 Å². The maximum absolute atomic E-state index is 12.3. The molecule has 1 aromatic heterocycles. The summed E-state index contributed by atoms with van der Waals surface area (Å²) in [5.41, 5.74) is 1.78. The molecule has 2 aromatic rings. The highest BCUT2D eigenvalue weighted by Crippen LogP contribution is 2.13. The lowest BCUT2D eigenvalue weighted by Crippen LogP contribution is -2.36. The third-order valence-electron chi connectivity index (χ3n) is 3.50. The number of aryl methyl sites for hydroxylation is 2. The zero-order valence-corrected chi connectivity index (χ0v) is 14.7. The average molecular weight is 347 g/mol. The standard InChI is InChI=1S/C17H21N3O3S/c1-13-4-7-16(8-5-13)24(22,23)12-14(2)19-17(21)9-6-15-10-11-18-20(15)3/h4-11,14H,12H2,1-3H3,(H,19,21). The van der Waals surface area contributed by atoms with Crippen LogP contribution in [-0.2, 0) is 21.7 Å². The highest BCUT2D eigenvalue weighted by atomic mass is 32.2. The van der Waals surface area contributed by atoms with Gasteiger partial charge in [0.05, 0.1) is 16.3 Å². The van der Waals surface area contributed by atoms with E-state index < -0.39 is 15.9 Å². The molecule has 1 aromatic carbocycles. The van der Waals surface area contributed by atoms with Gasteiger partial charge < -0.3 is 5.32 Å². The van der Waals surface area contributed by atoms with Crippen LogP contribution in [0, 0.1) is 6.92 Å². The van der Waals surface area contributed by atoms with E-state index in [1.54, 1.807) is 61.3 Å². The molecule has 2 rings (SSSR count). The number of hydrogen-bond donors (Lipinski definition) is 1. The largest absolute Gasteiger partial charge is 0.349 e. The number of nitrogens with zero attached hydrogens (tertiary/aromatic N) is 2. The van der Waals surface area contributed by atoms with Gasteiger partial charge in [0.1, 0.15) is 0 Å². The van der Waals surface area contributed by atoms with E-state index in [4.69, 9.17) is 0 Å². The van der Waals surface area contributed by atoms with Gasteiger partial charge in [-0.15, -0.1) is 0 Å². The van der Waals surface area contributed by atoms with Gasteiger partial charge in [-0.25, -0.2) is 8.42 Å². The summed E-state index contributed by atoms with van der Waals surface area (Å²) in [6.45, 7) is 3.56. The highest BCUT2D eigenvalue weighted by Gasteiger charge is 2.19. The molecule has 1 N–H and O–H groups in total. The number of hydrogen-bond acceptors (Lipinski definition) is 4. The number of amides is 1. The van der Waals surface area contributed by atoms with E-state index in [2.05, 4.69) is 10.4 Å². The molecule has 1 atom stereocenters. The van der Waals surface area contributed by atoms with Gasteiger partial charge in [-0.1, -0.05) is 17.7 Å². The Morgan fingerprint density at radius 1 is 1.29 bits per heavy atom. The Morgan fingerprint density at radius 3 is 2.54 bits per heavy atom. The van der Waals surface area contributed by atoms with Gasteiger partial charge in [-0.05, 0) is 38.1 Å². The number of carbonyl (C=O) groups is 1. The molecule has 0 saturated heterocycles. The first-order valence-electron chi connectivity index (χ1n) is 7.54. The van der Waals surface area contributed by atoms with Crippen molar-refractivity contribution < 1.29 is 13.2 Å². The molecule has 0 aliphatic heterocycles. The second-order valence-corrected chi connectivity index (χ2v) is 7.75. The van der Waals surface area contributed by atoms with Crippen LogP contribution in [0.1, 0.15) is 18.2 Å². The molecule has 24 heavy (non-hydrogen) atoms. The Bertz CT molecular complexity index is 836. The van der Waals surface area contributed by atoms with Crippen LogP contribution in [0.3, 0.4) is 0 Å². The van der Waals surface area contributed by atoms with Gasteiger partial charge in [-0.2, -0.15) is 5.10 Å². The topological polar surface area (TPSA) is 81.1 Å². The van der Waals surface area contributed by atoms with Gasteiger partial charge in [0.15, 0.2) is 9.84 Å². The molecule has 7 heteroatoms. The predicted molar refractivity (Wildman–Crippen MR) is 93.1 cm³/mol. The van der Waals surface area contributed by atoms with Crippen molar-refractivity contribution in [1.82, 2.24) is 15.1 Å². The molecule has 0 bridgehead atoms. The molecule has 0 saturated carbocycles. The van der Waals surface area contributed by atoms with Crippen LogP contribution >= 0.6 is 0 Å². The van der Waals surface area contributed by atoms with Crippen LogP contribution < -0.4 is 5.32 Å². The lowest BCUT2D eigenvalue weighted by atomic mass is 10.2. The second-order valence-electron chi connectivity index (χ2n) is 5.72. The van der Waals surface area contributed by atoms with Crippen molar-refractivity contribution in [2.24, 2.45) is 7.05 Å². The minimum atomic E-state index is -3.44. The maximum atomic E-state index is 12.3. The van der Waals surface area contributed by atoms with Crippen molar-refractivity contribution in [2.75, 3.05) is 5.75 Å². The predicted octanol–water partition coefficient (Wildman–Crippen LogP) is 1.72. The molecule has 0 spiro atoms. The molecule has 128 valence electrons. The Morgan fingerprint density at radius 2 is 1.96 bits per heavy atom. The quantitative estimate of drug-likeness (QED) is 0.807. The summed E-state index contributed by atoms with van der Waals surface area (Å²) in [5.74, 6) is -0.496. The van der Waals surface area contributed by atoms with E-state index in [1.165, 1.54) is 6.08 Å². The average Bonchev–Trinajstić information content (AvgIpc) is 2.90. The van der Waals surface area contributed by atoms with Crippen LogP contribution in [0.25, 0.3) is 6.08 Å².